The summed E-state index contributed by atoms with van der Waals surface area (Å²) in [5, 5.41) is 1.62. The molecule has 0 aliphatic carbocycles. The summed E-state index contributed by atoms with van der Waals surface area (Å²) in [4.78, 5) is 0. The van der Waals surface area contributed by atoms with Crippen LogP contribution in [0.25, 0.3) is 0 Å². The molecule has 0 aromatic heterocycles. The van der Waals surface area contributed by atoms with Crippen molar-refractivity contribution in [2.24, 2.45) is 0 Å². The Morgan fingerprint density at radius 1 is 1.23 bits per heavy atom. The first-order valence-electron chi connectivity index (χ1n) is 5.15. The molecule has 0 aliphatic heterocycles. The topological polar surface area (TPSA) is 0 Å². The van der Waals surface area contributed by atoms with E-state index in [1.165, 1.54) is 30.0 Å². The Kier molecular flexibility index (Phi) is 4.23. The smallest absolute Gasteiger partial charge is 0.0654 e. The lowest BCUT2D eigenvalue weighted by Crippen LogP contribution is -2.17. The van der Waals surface area contributed by atoms with E-state index in [2.05, 4.69) is 39.0 Å². The van der Waals surface area contributed by atoms with Crippen LogP contribution in [0.15, 0.2) is 18.2 Å². The SMILES string of the molecule is CCCC[SiH]c1cccc(C)c1C. The molecule has 0 nitrogen and oxygen atoms in total. The summed E-state index contributed by atoms with van der Waals surface area (Å²) in [5.41, 5.74) is 2.97. The lowest BCUT2D eigenvalue weighted by atomic mass is 10.1. The number of unbranched alkanes of at least 4 members (excludes halogenated alkanes) is 1. The fourth-order valence-electron chi connectivity index (χ4n) is 1.46. The third kappa shape index (κ3) is 3.00. The minimum Gasteiger partial charge on any atom is -0.0654 e. The van der Waals surface area contributed by atoms with Gasteiger partial charge in [0.25, 0.3) is 0 Å². The first kappa shape index (κ1) is 10.5. The molecule has 71 valence electrons. The maximum absolute atomic E-state index is 2.30. The van der Waals surface area contributed by atoms with Gasteiger partial charge in [-0.15, -0.1) is 0 Å². The van der Waals surface area contributed by atoms with Gasteiger partial charge in [-0.3, -0.25) is 0 Å². The molecule has 0 fully saturated rings. The minimum absolute atomic E-state index is 0.517. The monoisotopic (exact) mass is 191 g/mol. The Balaban J connectivity index is 2.61. The van der Waals surface area contributed by atoms with Gasteiger partial charge in [0.2, 0.25) is 0 Å². The fraction of sp³-hybridized carbons (Fsp3) is 0.500. The second kappa shape index (κ2) is 5.23. The first-order valence-corrected chi connectivity index (χ1v) is 6.54. The van der Waals surface area contributed by atoms with Gasteiger partial charge in [-0.2, -0.15) is 0 Å². The Labute approximate surface area is 84.2 Å². The Bertz CT molecular complexity index is 266. The summed E-state index contributed by atoms with van der Waals surface area (Å²) in [6.45, 7) is 6.73. The van der Waals surface area contributed by atoms with Crippen LogP contribution in [0, 0.1) is 13.8 Å². The van der Waals surface area contributed by atoms with Crippen molar-refractivity contribution in [1.29, 1.82) is 0 Å². The van der Waals surface area contributed by atoms with Crippen LogP contribution < -0.4 is 5.19 Å². The molecule has 1 rings (SSSR count). The molecule has 0 saturated carbocycles. The minimum atomic E-state index is 0.517. The van der Waals surface area contributed by atoms with E-state index in [1.54, 1.807) is 5.19 Å². The molecule has 0 atom stereocenters. The molecule has 1 heteroatoms. The molecule has 13 heavy (non-hydrogen) atoms. The molecule has 0 bridgehead atoms. The molecule has 0 spiro atoms. The van der Waals surface area contributed by atoms with E-state index in [0.29, 0.717) is 9.52 Å². The lowest BCUT2D eigenvalue weighted by molar-refractivity contribution is 0.881. The van der Waals surface area contributed by atoms with Crippen molar-refractivity contribution in [3.63, 3.8) is 0 Å². The summed E-state index contributed by atoms with van der Waals surface area (Å²) in [6.07, 6.45) is 2.72. The summed E-state index contributed by atoms with van der Waals surface area (Å²) >= 11 is 0. The van der Waals surface area contributed by atoms with Gasteiger partial charge >= 0.3 is 0 Å². The van der Waals surface area contributed by atoms with E-state index < -0.39 is 0 Å². The Morgan fingerprint density at radius 3 is 2.69 bits per heavy atom. The van der Waals surface area contributed by atoms with E-state index in [4.69, 9.17) is 0 Å². The predicted molar refractivity (Wildman–Crippen MR) is 62.4 cm³/mol. The van der Waals surface area contributed by atoms with Gasteiger partial charge in [0.05, 0.1) is 9.52 Å². The molecule has 0 heterocycles. The average Bonchev–Trinajstić information content (AvgIpc) is 2.13. The maximum Gasteiger partial charge on any atom is 0.0671 e. The fourth-order valence-corrected chi connectivity index (χ4v) is 3.16. The van der Waals surface area contributed by atoms with Crippen molar-refractivity contribution in [3.8, 4) is 0 Å². The molecule has 0 amide bonds. The summed E-state index contributed by atoms with van der Waals surface area (Å²) in [6, 6.07) is 8.11. The summed E-state index contributed by atoms with van der Waals surface area (Å²) < 4.78 is 0. The van der Waals surface area contributed by atoms with E-state index in [1.807, 2.05) is 0 Å². The summed E-state index contributed by atoms with van der Waals surface area (Å²) in [5.74, 6) is 0. The highest BCUT2D eigenvalue weighted by atomic mass is 28.2. The van der Waals surface area contributed by atoms with Crippen molar-refractivity contribution in [2.75, 3.05) is 0 Å². The van der Waals surface area contributed by atoms with Crippen LogP contribution in [0.3, 0.4) is 0 Å². The normalized spacial score (nSPS) is 10.4. The highest BCUT2D eigenvalue weighted by Crippen LogP contribution is 2.03. The number of hydrogen-bond donors (Lipinski definition) is 0. The molecule has 1 aromatic carbocycles. The van der Waals surface area contributed by atoms with Crippen LogP contribution in [-0.4, -0.2) is 9.52 Å². The third-order valence-corrected chi connectivity index (χ3v) is 4.33. The molecule has 0 aliphatic rings. The van der Waals surface area contributed by atoms with Crippen molar-refractivity contribution >= 4 is 14.7 Å². The van der Waals surface area contributed by atoms with Crippen molar-refractivity contribution in [3.05, 3.63) is 29.3 Å². The maximum atomic E-state index is 2.30. The van der Waals surface area contributed by atoms with Gasteiger partial charge < -0.3 is 0 Å². The van der Waals surface area contributed by atoms with Crippen LogP contribution in [0.5, 0.6) is 0 Å². The second-order valence-electron chi connectivity index (χ2n) is 3.64. The van der Waals surface area contributed by atoms with Gasteiger partial charge in [-0.25, -0.2) is 0 Å². The zero-order chi connectivity index (χ0) is 9.68. The van der Waals surface area contributed by atoms with Crippen LogP contribution in [0.2, 0.25) is 6.04 Å². The Morgan fingerprint density at radius 2 is 2.00 bits per heavy atom. The first-order chi connectivity index (χ1) is 6.25. The van der Waals surface area contributed by atoms with Gasteiger partial charge in [-0.05, 0) is 25.0 Å². The number of benzene rings is 1. The molecule has 0 N–H and O–H groups in total. The van der Waals surface area contributed by atoms with Crippen molar-refractivity contribution in [2.45, 2.75) is 39.7 Å². The number of hydrogen-bond acceptors (Lipinski definition) is 0. The van der Waals surface area contributed by atoms with E-state index in [0.717, 1.165) is 0 Å². The molecule has 1 radical (unpaired) electrons. The molecular weight excluding hydrogens is 172 g/mol. The highest BCUT2D eigenvalue weighted by Gasteiger charge is 2.00. The van der Waals surface area contributed by atoms with Gasteiger partial charge in [0.1, 0.15) is 0 Å². The molecule has 0 unspecified atom stereocenters. The molecule has 1 aromatic rings. The van der Waals surface area contributed by atoms with Crippen LogP contribution in [0.4, 0.5) is 0 Å². The van der Waals surface area contributed by atoms with E-state index in [-0.39, 0.29) is 0 Å². The molecular formula is C12H19Si. The zero-order valence-electron chi connectivity index (χ0n) is 8.93. The van der Waals surface area contributed by atoms with Crippen molar-refractivity contribution < 1.29 is 0 Å². The van der Waals surface area contributed by atoms with Crippen LogP contribution >= 0.6 is 0 Å². The van der Waals surface area contributed by atoms with Gasteiger partial charge in [0.15, 0.2) is 0 Å². The highest BCUT2D eigenvalue weighted by molar-refractivity contribution is 6.54. The third-order valence-electron chi connectivity index (χ3n) is 2.57. The second-order valence-corrected chi connectivity index (χ2v) is 5.24. The molecule has 0 saturated heterocycles. The van der Waals surface area contributed by atoms with Gasteiger partial charge in [0, 0.05) is 0 Å². The summed E-state index contributed by atoms with van der Waals surface area (Å²) in [7, 11) is 0.517. The quantitative estimate of drug-likeness (QED) is 0.507. The standard InChI is InChI=1S/C12H19Si/c1-4-5-9-13-12-8-6-7-10(2)11(12)3/h6-8,13H,4-5,9H2,1-3H3. The lowest BCUT2D eigenvalue weighted by Gasteiger charge is -2.06. The predicted octanol–water partition coefficient (Wildman–Crippen LogP) is 2.58. The Hall–Kier alpha value is -0.563. The van der Waals surface area contributed by atoms with E-state index in [9.17, 15) is 0 Å². The van der Waals surface area contributed by atoms with Crippen molar-refractivity contribution in [1.82, 2.24) is 0 Å². The average molecular weight is 191 g/mol. The van der Waals surface area contributed by atoms with Crippen LogP contribution in [-0.2, 0) is 0 Å². The number of rotatable bonds is 4. The van der Waals surface area contributed by atoms with Crippen LogP contribution in [0.1, 0.15) is 30.9 Å². The largest absolute Gasteiger partial charge is 0.0671 e. The van der Waals surface area contributed by atoms with Gasteiger partial charge in [-0.1, -0.05) is 49.2 Å². The zero-order valence-corrected chi connectivity index (χ0v) is 10.1. The van der Waals surface area contributed by atoms with E-state index >= 15 is 0 Å². The number of aryl methyl sites for hydroxylation is 1.